The summed E-state index contributed by atoms with van der Waals surface area (Å²) < 4.78 is -0.739. The number of aliphatic hydroxyl groups excluding tert-OH is 1. The van der Waals surface area contributed by atoms with Crippen LogP contribution in [0.15, 0.2) is 55.6 Å². The van der Waals surface area contributed by atoms with Gasteiger partial charge in [0.1, 0.15) is 6.04 Å². The molecule has 3 amide bonds. The number of halogens is 1. The van der Waals surface area contributed by atoms with Crippen LogP contribution in [0.2, 0.25) is 0 Å². The van der Waals surface area contributed by atoms with E-state index in [0.29, 0.717) is 32.5 Å². The predicted octanol–water partition coefficient (Wildman–Crippen LogP) is 4.78. The first-order valence-electron chi connectivity index (χ1n) is 15.4. The van der Waals surface area contributed by atoms with Crippen LogP contribution < -0.4 is 0 Å². The Kier molecular flexibility index (Phi) is 9.90. The van der Waals surface area contributed by atoms with Crippen molar-refractivity contribution < 1.29 is 19.5 Å². The van der Waals surface area contributed by atoms with Crippen LogP contribution in [0.3, 0.4) is 0 Å². The maximum atomic E-state index is 14.8. The Morgan fingerprint density at radius 2 is 1.83 bits per heavy atom. The Morgan fingerprint density at radius 1 is 1.14 bits per heavy atom. The first-order valence-corrected chi connectivity index (χ1v) is 17.2. The Bertz CT molecular complexity index is 1170. The highest BCUT2D eigenvalue weighted by atomic mass is 79.9. The molecule has 2 bridgehead atoms. The van der Waals surface area contributed by atoms with Crippen molar-refractivity contribution in [1.82, 2.24) is 14.7 Å². The molecule has 1 N–H and O–H groups in total. The Hall–Kier alpha value is -2.10. The van der Waals surface area contributed by atoms with E-state index in [1.807, 2.05) is 42.2 Å². The fraction of sp³-hybridized carbons (Fsp3) is 0.606. The number of rotatable bonds is 12. The molecule has 3 unspecified atom stereocenters. The molecule has 1 aromatic rings. The summed E-state index contributed by atoms with van der Waals surface area (Å²) in [6.07, 6.45) is 9.90. The minimum absolute atomic E-state index is 0.00482. The molecule has 1 aliphatic carbocycles. The molecule has 7 nitrogen and oxygen atoms in total. The molecule has 5 rings (SSSR count). The number of nitrogens with zero attached hydrogens (tertiary/aromatic N) is 3. The van der Waals surface area contributed by atoms with Crippen molar-refractivity contribution in [2.24, 2.45) is 11.8 Å². The fourth-order valence-corrected chi connectivity index (χ4v) is 11.5. The topological polar surface area (TPSA) is 81.2 Å². The monoisotopic (exact) mass is 657 g/mol. The number of carbonyl (C=O) groups is 3. The maximum Gasteiger partial charge on any atom is 0.247 e. The molecule has 3 saturated heterocycles. The lowest BCUT2D eigenvalue weighted by Crippen LogP contribution is -2.59. The Morgan fingerprint density at radius 3 is 2.45 bits per heavy atom. The van der Waals surface area contributed by atoms with Crippen molar-refractivity contribution in [1.29, 1.82) is 0 Å². The normalized spacial score (nSPS) is 31.1. The number of thioether (sulfide) groups is 1. The SMILES string of the molecule is C=CCN(Cc1ccccc1)C(=O)[C@H]1[C@@H]2SC3(CC2Br)C(C(=O)N(CC=C)C2CCCCC2)N([C@@H](CC)CO)C(=O)[C@H]13. The van der Waals surface area contributed by atoms with Crippen molar-refractivity contribution in [2.75, 3.05) is 19.7 Å². The third kappa shape index (κ3) is 5.38. The first-order chi connectivity index (χ1) is 20.3. The van der Waals surface area contributed by atoms with Gasteiger partial charge in [0.05, 0.1) is 29.2 Å². The third-order valence-electron chi connectivity index (χ3n) is 9.82. The number of fused-ring (bicyclic) bond motifs is 1. The van der Waals surface area contributed by atoms with Crippen LogP contribution in [0.4, 0.5) is 0 Å². The molecule has 7 atom stereocenters. The lowest BCUT2D eigenvalue weighted by atomic mass is 9.70. The van der Waals surface area contributed by atoms with Gasteiger partial charge in [-0.1, -0.05) is 84.6 Å². The van der Waals surface area contributed by atoms with Gasteiger partial charge < -0.3 is 19.8 Å². The van der Waals surface area contributed by atoms with Crippen molar-refractivity contribution in [3.8, 4) is 0 Å². The molecule has 228 valence electrons. The van der Waals surface area contributed by atoms with Gasteiger partial charge in [-0.05, 0) is 31.2 Å². The summed E-state index contributed by atoms with van der Waals surface area (Å²) >= 11 is 5.55. The fourth-order valence-electron chi connectivity index (χ4n) is 7.95. The summed E-state index contributed by atoms with van der Waals surface area (Å²) in [6, 6.07) is 8.75. The van der Waals surface area contributed by atoms with E-state index in [1.165, 1.54) is 6.42 Å². The molecule has 3 heterocycles. The lowest BCUT2D eigenvalue weighted by molar-refractivity contribution is -0.148. The van der Waals surface area contributed by atoms with E-state index < -0.39 is 28.7 Å². The van der Waals surface area contributed by atoms with Crippen LogP contribution in [-0.4, -0.2) is 90.2 Å². The molecule has 0 radical (unpaired) electrons. The standard InChI is InChI=1S/C33H44BrN3O4S/c1-4-17-35(20-22-13-9-7-10-14-22)30(39)26-27-31(40)37(23(6-3)21-38)29(33(27)19-25(34)28(26)42-33)32(41)36(18-5-2)24-15-11-8-12-16-24/h4-5,7,9-10,13-14,23-29,38H,1-2,6,8,11-12,15-21H2,3H3/t23-,25?,26+,27-,28+,29?,33?/m0/s1. The summed E-state index contributed by atoms with van der Waals surface area (Å²) in [5, 5.41) is 10.3. The number of hydrogen-bond donors (Lipinski definition) is 1. The van der Waals surface area contributed by atoms with E-state index in [1.54, 1.807) is 33.7 Å². The highest BCUT2D eigenvalue weighted by molar-refractivity contribution is 9.09. The Balaban J connectivity index is 1.55. The van der Waals surface area contributed by atoms with Crippen molar-refractivity contribution in [2.45, 2.75) is 91.4 Å². The molecular weight excluding hydrogens is 614 g/mol. The summed E-state index contributed by atoms with van der Waals surface area (Å²) in [4.78, 5) is 49.2. The minimum Gasteiger partial charge on any atom is -0.394 e. The number of alkyl halides is 1. The average Bonchev–Trinajstić information content (AvgIpc) is 3.60. The van der Waals surface area contributed by atoms with Crippen LogP contribution in [-0.2, 0) is 20.9 Å². The Labute approximate surface area is 262 Å². The quantitative estimate of drug-likeness (QED) is 0.258. The molecule has 42 heavy (non-hydrogen) atoms. The van der Waals surface area contributed by atoms with Gasteiger partial charge in [0.15, 0.2) is 0 Å². The van der Waals surface area contributed by atoms with Crippen LogP contribution >= 0.6 is 27.7 Å². The van der Waals surface area contributed by atoms with Gasteiger partial charge in [0, 0.05) is 35.8 Å². The lowest BCUT2D eigenvalue weighted by Gasteiger charge is -2.42. The molecule has 1 saturated carbocycles. The minimum atomic E-state index is -0.739. The molecule has 3 aliphatic heterocycles. The van der Waals surface area contributed by atoms with Crippen LogP contribution in [0.25, 0.3) is 0 Å². The number of benzene rings is 1. The number of hydrogen-bond acceptors (Lipinski definition) is 5. The summed E-state index contributed by atoms with van der Waals surface area (Å²) in [5.41, 5.74) is 1.01. The molecule has 9 heteroatoms. The van der Waals surface area contributed by atoms with E-state index in [2.05, 4.69) is 29.1 Å². The van der Waals surface area contributed by atoms with E-state index in [9.17, 15) is 19.5 Å². The number of carbonyl (C=O) groups excluding carboxylic acids is 3. The summed E-state index contributed by atoms with van der Waals surface area (Å²) in [6.45, 7) is 10.8. The number of aliphatic hydroxyl groups is 1. The number of likely N-dealkylation sites (tertiary alicyclic amines) is 1. The summed E-state index contributed by atoms with van der Waals surface area (Å²) in [7, 11) is 0. The highest BCUT2D eigenvalue weighted by Crippen LogP contribution is 2.68. The summed E-state index contributed by atoms with van der Waals surface area (Å²) in [5.74, 6) is -1.48. The van der Waals surface area contributed by atoms with Crippen molar-refractivity contribution in [3.63, 3.8) is 0 Å². The zero-order chi connectivity index (χ0) is 30.0. The van der Waals surface area contributed by atoms with Crippen LogP contribution in [0.5, 0.6) is 0 Å². The van der Waals surface area contributed by atoms with Gasteiger partial charge in [0.25, 0.3) is 0 Å². The van der Waals surface area contributed by atoms with Gasteiger partial charge >= 0.3 is 0 Å². The second-order valence-corrected chi connectivity index (χ2v) is 14.9. The van der Waals surface area contributed by atoms with Crippen molar-refractivity contribution >= 4 is 45.4 Å². The van der Waals surface area contributed by atoms with E-state index in [4.69, 9.17) is 0 Å². The third-order valence-corrected chi connectivity index (χ3v) is 13.0. The second kappa shape index (κ2) is 13.3. The van der Waals surface area contributed by atoms with E-state index in [0.717, 1.165) is 31.2 Å². The zero-order valence-electron chi connectivity index (χ0n) is 24.6. The molecule has 1 spiro atoms. The van der Waals surface area contributed by atoms with Crippen LogP contribution in [0, 0.1) is 11.8 Å². The largest absolute Gasteiger partial charge is 0.394 e. The maximum absolute atomic E-state index is 14.8. The molecule has 4 fully saturated rings. The van der Waals surface area contributed by atoms with Gasteiger partial charge in [-0.25, -0.2) is 0 Å². The molecule has 4 aliphatic rings. The van der Waals surface area contributed by atoms with E-state index >= 15 is 0 Å². The van der Waals surface area contributed by atoms with Gasteiger partial charge in [-0.2, -0.15) is 0 Å². The second-order valence-electron chi connectivity index (χ2n) is 12.2. The molecule has 0 aromatic heterocycles. The molecule has 1 aromatic carbocycles. The number of amides is 3. The smallest absolute Gasteiger partial charge is 0.247 e. The zero-order valence-corrected chi connectivity index (χ0v) is 27.0. The average molecular weight is 659 g/mol. The van der Waals surface area contributed by atoms with Gasteiger partial charge in [0.2, 0.25) is 17.7 Å². The van der Waals surface area contributed by atoms with Crippen molar-refractivity contribution in [3.05, 3.63) is 61.2 Å². The highest BCUT2D eigenvalue weighted by Gasteiger charge is 2.76. The van der Waals surface area contributed by atoms with Crippen LogP contribution in [0.1, 0.15) is 57.4 Å². The predicted molar refractivity (Wildman–Crippen MR) is 171 cm³/mol. The first kappa shape index (κ1) is 31.3. The van der Waals surface area contributed by atoms with E-state index in [-0.39, 0.29) is 40.4 Å². The van der Waals surface area contributed by atoms with Gasteiger partial charge in [-0.15, -0.1) is 24.9 Å². The molecular formula is C33H44BrN3O4S. The van der Waals surface area contributed by atoms with Gasteiger partial charge in [-0.3, -0.25) is 14.4 Å².